The molecule has 0 radical (unpaired) electrons. The minimum atomic E-state index is -0.822. The number of likely N-dealkylation sites (tertiary alicyclic amines) is 1. The van der Waals surface area contributed by atoms with Crippen molar-refractivity contribution < 1.29 is 14.0 Å². The summed E-state index contributed by atoms with van der Waals surface area (Å²) in [5, 5.41) is 3.10. The molecule has 0 spiro atoms. The van der Waals surface area contributed by atoms with Crippen molar-refractivity contribution in [2.75, 3.05) is 25.0 Å². The van der Waals surface area contributed by atoms with Crippen LogP contribution in [0.1, 0.15) is 28.9 Å². The van der Waals surface area contributed by atoms with Gasteiger partial charge in [0.2, 0.25) is 11.9 Å². The number of primary amides is 1. The van der Waals surface area contributed by atoms with Gasteiger partial charge in [0, 0.05) is 37.8 Å². The molecule has 0 aliphatic carbocycles. The first-order valence-corrected chi connectivity index (χ1v) is 8.40. The van der Waals surface area contributed by atoms with E-state index in [1.165, 1.54) is 12.1 Å². The third kappa shape index (κ3) is 3.79. The summed E-state index contributed by atoms with van der Waals surface area (Å²) in [5.41, 5.74) is 7.01. The minimum Gasteiger partial charge on any atom is -0.366 e. The van der Waals surface area contributed by atoms with Gasteiger partial charge < -0.3 is 16.0 Å². The standard InChI is InChI=1S/C18H20FN5O2/c1-11-14(12-4-5-15(19)13(9-12)17(20)26)10-22-18(23-11)21-6-8-24-7-2-3-16(24)25/h4-5,9-10H,2-3,6-8H2,1H3,(H2,20,26)(H,21,22,23). The van der Waals surface area contributed by atoms with Crippen LogP contribution in [0, 0.1) is 12.7 Å². The monoisotopic (exact) mass is 357 g/mol. The second-order valence-corrected chi connectivity index (χ2v) is 6.16. The van der Waals surface area contributed by atoms with Crippen LogP contribution in [0.15, 0.2) is 24.4 Å². The Morgan fingerprint density at radius 3 is 2.88 bits per heavy atom. The summed E-state index contributed by atoms with van der Waals surface area (Å²) in [4.78, 5) is 33.4. The van der Waals surface area contributed by atoms with Crippen molar-refractivity contribution in [1.82, 2.24) is 14.9 Å². The normalized spacial score (nSPS) is 13.9. The molecule has 2 heterocycles. The molecule has 0 atom stereocenters. The zero-order valence-electron chi connectivity index (χ0n) is 14.5. The Hall–Kier alpha value is -3.03. The van der Waals surface area contributed by atoms with E-state index >= 15 is 0 Å². The maximum absolute atomic E-state index is 13.6. The molecule has 1 aliphatic rings. The number of nitrogens with zero attached hydrogens (tertiary/aromatic N) is 3. The lowest BCUT2D eigenvalue weighted by Gasteiger charge is -2.16. The summed E-state index contributed by atoms with van der Waals surface area (Å²) in [6.45, 7) is 3.78. The van der Waals surface area contributed by atoms with E-state index < -0.39 is 11.7 Å². The molecule has 26 heavy (non-hydrogen) atoms. The van der Waals surface area contributed by atoms with Crippen molar-refractivity contribution in [3.8, 4) is 11.1 Å². The van der Waals surface area contributed by atoms with E-state index in [0.29, 0.717) is 42.3 Å². The molecular weight excluding hydrogens is 337 g/mol. The van der Waals surface area contributed by atoms with Crippen molar-refractivity contribution in [3.05, 3.63) is 41.5 Å². The first kappa shape index (κ1) is 17.8. The Morgan fingerprint density at radius 1 is 1.42 bits per heavy atom. The SMILES string of the molecule is Cc1nc(NCCN2CCCC2=O)ncc1-c1ccc(F)c(C(N)=O)c1. The van der Waals surface area contributed by atoms with Gasteiger partial charge in [-0.25, -0.2) is 14.4 Å². The molecule has 1 aromatic carbocycles. The van der Waals surface area contributed by atoms with E-state index in [-0.39, 0.29) is 11.5 Å². The molecule has 8 heteroatoms. The number of aromatic nitrogens is 2. The maximum Gasteiger partial charge on any atom is 0.251 e. The number of rotatable bonds is 6. The highest BCUT2D eigenvalue weighted by molar-refractivity contribution is 5.94. The Bertz CT molecular complexity index is 855. The highest BCUT2D eigenvalue weighted by Gasteiger charge is 2.19. The lowest BCUT2D eigenvalue weighted by Crippen LogP contribution is -2.30. The molecule has 3 N–H and O–H groups in total. The predicted molar refractivity (Wildman–Crippen MR) is 95.0 cm³/mol. The fourth-order valence-electron chi connectivity index (χ4n) is 2.96. The van der Waals surface area contributed by atoms with Crippen LogP contribution >= 0.6 is 0 Å². The van der Waals surface area contributed by atoms with Gasteiger partial charge in [-0.1, -0.05) is 6.07 Å². The molecular formula is C18H20FN5O2. The Balaban J connectivity index is 1.70. The lowest BCUT2D eigenvalue weighted by atomic mass is 10.0. The van der Waals surface area contributed by atoms with Crippen LogP contribution in [0.5, 0.6) is 0 Å². The molecule has 1 aliphatic heterocycles. The second-order valence-electron chi connectivity index (χ2n) is 6.16. The summed E-state index contributed by atoms with van der Waals surface area (Å²) in [6, 6.07) is 4.16. The molecule has 0 bridgehead atoms. The topological polar surface area (TPSA) is 101 Å². The van der Waals surface area contributed by atoms with Crippen LogP contribution in [-0.4, -0.2) is 46.3 Å². The van der Waals surface area contributed by atoms with Crippen LogP contribution in [0.4, 0.5) is 10.3 Å². The van der Waals surface area contributed by atoms with E-state index in [1.54, 1.807) is 19.2 Å². The van der Waals surface area contributed by atoms with Crippen LogP contribution < -0.4 is 11.1 Å². The zero-order chi connectivity index (χ0) is 18.7. The molecule has 1 fully saturated rings. The molecule has 1 saturated heterocycles. The number of nitrogens with two attached hydrogens (primary N) is 1. The van der Waals surface area contributed by atoms with Gasteiger partial charge in [-0.3, -0.25) is 9.59 Å². The van der Waals surface area contributed by atoms with Gasteiger partial charge in [0.1, 0.15) is 5.82 Å². The van der Waals surface area contributed by atoms with Crippen molar-refractivity contribution in [1.29, 1.82) is 0 Å². The number of carbonyl (C=O) groups excluding carboxylic acids is 2. The third-order valence-corrected chi connectivity index (χ3v) is 4.36. The van der Waals surface area contributed by atoms with E-state index in [0.717, 1.165) is 13.0 Å². The summed E-state index contributed by atoms with van der Waals surface area (Å²) in [7, 11) is 0. The first-order chi connectivity index (χ1) is 12.5. The van der Waals surface area contributed by atoms with Gasteiger partial charge in [0.05, 0.1) is 11.3 Å². The van der Waals surface area contributed by atoms with Gasteiger partial charge in [0.25, 0.3) is 5.91 Å². The van der Waals surface area contributed by atoms with Crippen LogP contribution in [0.3, 0.4) is 0 Å². The van der Waals surface area contributed by atoms with Gasteiger partial charge in [-0.2, -0.15) is 0 Å². The number of halogens is 1. The van der Waals surface area contributed by atoms with E-state index in [4.69, 9.17) is 5.73 Å². The number of benzene rings is 1. The molecule has 7 nitrogen and oxygen atoms in total. The molecule has 0 saturated carbocycles. The van der Waals surface area contributed by atoms with Crippen molar-refractivity contribution in [2.45, 2.75) is 19.8 Å². The van der Waals surface area contributed by atoms with E-state index in [1.807, 2.05) is 4.90 Å². The van der Waals surface area contributed by atoms with Crippen LogP contribution in [0.25, 0.3) is 11.1 Å². The molecule has 1 aromatic heterocycles. The minimum absolute atomic E-state index is 0.167. The quantitative estimate of drug-likeness (QED) is 0.820. The maximum atomic E-state index is 13.6. The van der Waals surface area contributed by atoms with Crippen LogP contribution in [0.2, 0.25) is 0 Å². The largest absolute Gasteiger partial charge is 0.366 e. The van der Waals surface area contributed by atoms with Crippen molar-refractivity contribution in [2.24, 2.45) is 5.73 Å². The number of anilines is 1. The Labute approximate surface area is 150 Å². The van der Waals surface area contributed by atoms with Crippen molar-refractivity contribution >= 4 is 17.8 Å². The Kier molecular flexibility index (Phi) is 5.11. The average Bonchev–Trinajstić information content (AvgIpc) is 3.01. The smallest absolute Gasteiger partial charge is 0.251 e. The number of aryl methyl sites for hydroxylation is 1. The highest BCUT2D eigenvalue weighted by Crippen LogP contribution is 2.24. The van der Waals surface area contributed by atoms with Crippen LogP contribution in [-0.2, 0) is 4.79 Å². The average molecular weight is 357 g/mol. The molecule has 2 amide bonds. The van der Waals surface area contributed by atoms with Crippen molar-refractivity contribution in [3.63, 3.8) is 0 Å². The molecule has 2 aromatic rings. The summed E-state index contributed by atoms with van der Waals surface area (Å²) in [6.07, 6.45) is 3.15. The van der Waals surface area contributed by atoms with Gasteiger partial charge >= 0.3 is 0 Å². The Morgan fingerprint density at radius 2 is 2.23 bits per heavy atom. The number of hydrogen-bond donors (Lipinski definition) is 2. The van der Waals surface area contributed by atoms with Gasteiger partial charge in [0.15, 0.2) is 0 Å². The fourth-order valence-corrected chi connectivity index (χ4v) is 2.96. The second kappa shape index (κ2) is 7.47. The first-order valence-electron chi connectivity index (χ1n) is 8.40. The number of carbonyl (C=O) groups is 2. The number of amides is 2. The van der Waals surface area contributed by atoms with Gasteiger partial charge in [-0.05, 0) is 31.0 Å². The number of hydrogen-bond acceptors (Lipinski definition) is 5. The van der Waals surface area contributed by atoms with E-state index in [9.17, 15) is 14.0 Å². The lowest BCUT2D eigenvalue weighted by molar-refractivity contribution is -0.127. The zero-order valence-corrected chi connectivity index (χ0v) is 14.5. The summed E-state index contributed by atoms with van der Waals surface area (Å²) < 4.78 is 13.6. The number of nitrogens with one attached hydrogen (secondary N) is 1. The molecule has 3 rings (SSSR count). The molecule has 0 unspecified atom stereocenters. The fraction of sp³-hybridized carbons (Fsp3) is 0.333. The molecule has 136 valence electrons. The summed E-state index contributed by atoms with van der Waals surface area (Å²) in [5.74, 6) is -0.844. The third-order valence-electron chi connectivity index (χ3n) is 4.36. The predicted octanol–water partition coefficient (Wildman–Crippen LogP) is 1.72. The highest BCUT2D eigenvalue weighted by atomic mass is 19.1. The summed E-state index contributed by atoms with van der Waals surface area (Å²) >= 11 is 0. The van der Waals surface area contributed by atoms with E-state index in [2.05, 4.69) is 15.3 Å². The van der Waals surface area contributed by atoms with Gasteiger partial charge in [-0.15, -0.1) is 0 Å².